The second-order valence-corrected chi connectivity index (χ2v) is 9.47. The number of fused-ring (bicyclic) bond motifs is 3. The number of carbonyl (C=O) groups is 1. The molecule has 0 saturated carbocycles. The number of hydrogen-bond acceptors (Lipinski definition) is 5. The van der Waals surface area contributed by atoms with Crippen molar-refractivity contribution in [2.75, 3.05) is 25.1 Å². The quantitative estimate of drug-likeness (QED) is 0.686. The fraction of sp³-hybridized carbons (Fsp3) is 0.421. The zero-order valence-electron chi connectivity index (χ0n) is 15.4. The topological polar surface area (TPSA) is 85.2 Å². The summed E-state index contributed by atoms with van der Waals surface area (Å²) in [5, 5.41) is 2.13. The molecular formula is C19H22N4O3S. The van der Waals surface area contributed by atoms with Crippen LogP contribution in [0.4, 0.5) is 0 Å². The van der Waals surface area contributed by atoms with Crippen LogP contribution in [0, 0.1) is 0 Å². The molecule has 0 radical (unpaired) electrons. The van der Waals surface area contributed by atoms with Gasteiger partial charge in [0.25, 0.3) is 0 Å². The van der Waals surface area contributed by atoms with Crippen molar-refractivity contribution in [1.82, 2.24) is 19.4 Å². The van der Waals surface area contributed by atoms with Crippen LogP contribution in [0.15, 0.2) is 30.7 Å². The second-order valence-electron chi connectivity index (χ2n) is 7.33. The van der Waals surface area contributed by atoms with E-state index in [4.69, 9.17) is 0 Å². The van der Waals surface area contributed by atoms with Gasteiger partial charge < -0.3 is 9.47 Å². The molecule has 142 valence electrons. The van der Waals surface area contributed by atoms with Crippen molar-refractivity contribution in [3.05, 3.63) is 36.3 Å². The molecule has 0 aliphatic carbocycles. The maximum atomic E-state index is 12.4. The standard InChI is InChI=1S/C19H22N4O3S/c1-22-9-6-15-18-14(5-7-20-16(18)10-21-19(15)22)13-4-3-8-23(11-13)17(24)12-27(2,25)26/h5-7,9-10,13H,3-4,8,11-12H2,1-2H3. The van der Waals surface area contributed by atoms with Gasteiger partial charge in [-0.05, 0) is 30.5 Å². The monoisotopic (exact) mass is 386 g/mol. The third-order valence-corrected chi connectivity index (χ3v) is 6.00. The number of piperidine rings is 1. The third-order valence-electron chi connectivity index (χ3n) is 5.23. The lowest BCUT2D eigenvalue weighted by atomic mass is 9.88. The summed E-state index contributed by atoms with van der Waals surface area (Å²) in [5.74, 6) is -0.588. The van der Waals surface area contributed by atoms with Crippen LogP contribution in [-0.4, -0.2) is 58.9 Å². The Bertz CT molecular complexity index is 1140. The normalized spacial score (nSPS) is 18.3. The number of likely N-dealkylation sites (tertiary alicyclic amines) is 1. The first-order valence-electron chi connectivity index (χ1n) is 8.97. The summed E-state index contributed by atoms with van der Waals surface area (Å²) in [5.41, 5.74) is 2.89. The molecule has 4 rings (SSSR count). The van der Waals surface area contributed by atoms with E-state index in [0.29, 0.717) is 13.1 Å². The van der Waals surface area contributed by atoms with Crippen LogP contribution >= 0.6 is 0 Å². The molecule has 3 aromatic rings. The first kappa shape index (κ1) is 17.9. The van der Waals surface area contributed by atoms with E-state index in [9.17, 15) is 13.2 Å². The number of pyridine rings is 2. The van der Waals surface area contributed by atoms with E-state index < -0.39 is 15.6 Å². The number of rotatable bonds is 3. The predicted octanol–water partition coefficient (Wildman–Crippen LogP) is 1.87. The molecule has 1 amide bonds. The minimum Gasteiger partial charge on any atom is -0.341 e. The van der Waals surface area contributed by atoms with Gasteiger partial charge in [-0.3, -0.25) is 9.78 Å². The van der Waals surface area contributed by atoms with E-state index >= 15 is 0 Å². The Hall–Kier alpha value is -2.48. The smallest absolute Gasteiger partial charge is 0.237 e. The van der Waals surface area contributed by atoms with Gasteiger partial charge in [-0.2, -0.15) is 0 Å². The summed E-state index contributed by atoms with van der Waals surface area (Å²) in [6.45, 7) is 1.14. The van der Waals surface area contributed by atoms with Crippen LogP contribution in [0.2, 0.25) is 0 Å². The molecule has 1 aliphatic heterocycles. The molecule has 1 saturated heterocycles. The minimum atomic E-state index is -3.33. The Morgan fingerprint density at radius 3 is 2.89 bits per heavy atom. The summed E-state index contributed by atoms with van der Waals surface area (Å²) < 4.78 is 25.0. The van der Waals surface area contributed by atoms with Crippen molar-refractivity contribution in [2.24, 2.45) is 7.05 Å². The summed E-state index contributed by atoms with van der Waals surface area (Å²) in [4.78, 5) is 23.1. The molecule has 0 spiro atoms. The molecule has 1 unspecified atom stereocenters. The number of hydrogen-bond donors (Lipinski definition) is 0. The summed E-state index contributed by atoms with van der Waals surface area (Å²) >= 11 is 0. The van der Waals surface area contributed by atoms with Crippen LogP contribution in [0.3, 0.4) is 0 Å². The van der Waals surface area contributed by atoms with Crippen molar-refractivity contribution in [1.29, 1.82) is 0 Å². The van der Waals surface area contributed by atoms with E-state index in [2.05, 4.69) is 9.97 Å². The largest absolute Gasteiger partial charge is 0.341 e. The highest BCUT2D eigenvalue weighted by atomic mass is 32.2. The van der Waals surface area contributed by atoms with Crippen molar-refractivity contribution >= 4 is 37.7 Å². The van der Waals surface area contributed by atoms with Crippen LogP contribution < -0.4 is 0 Å². The van der Waals surface area contributed by atoms with E-state index in [1.54, 1.807) is 17.3 Å². The van der Waals surface area contributed by atoms with Crippen molar-refractivity contribution in [2.45, 2.75) is 18.8 Å². The highest BCUT2D eigenvalue weighted by Gasteiger charge is 2.28. The number of sulfone groups is 1. The first-order valence-corrected chi connectivity index (χ1v) is 11.0. The van der Waals surface area contributed by atoms with Gasteiger partial charge in [0.1, 0.15) is 11.4 Å². The van der Waals surface area contributed by atoms with Gasteiger partial charge in [0.2, 0.25) is 5.91 Å². The minimum absolute atomic E-state index is 0.151. The fourth-order valence-electron chi connectivity index (χ4n) is 4.00. The van der Waals surface area contributed by atoms with Crippen LogP contribution in [0.1, 0.15) is 24.3 Å². The lowest BCUT2D eigenvalue weighted by Crippen LogP contribution is -2.41. The molecule has 0 aromatic carbocycles. The number of amides is 1. The second kappa shape index (κ2) is 6.60. The van der Waals surface area contributed by atoms with Gasteiger partial charge in [-0.25, -0.2) is 13.4 Å². The number of carbonyl (C=O) groups excluding carboxylic acids is 1. The predicted molar refractivity (Wildman–Crippen MR) is 104 cm³/mol. The third kappa shape index (κ3) is 3.41. The lowest BCUT2D eigenvalue weighted by Gasteiger charge is -2.33. The van der Waals surface area contributed by atoms with Crippen LogP contribution in [0.25, 0.3) is 21.9 Å². The molecule has 1 fully saturated rings. The maximum Gasteiger partial charge on any atom is 0.237 e. The Morgan fingerprint density at radius 1 is 1.30 bits per heavy atom. The van der Waals surface area contributed by atoms with E-state index in [1.165, 1.54) is 0 Å². The van der Waals surface area contributed by atoms with Gasteiger partial charge in [0.15, 0.2) is 9.84 Å². The van der Waals surface area contributed by atoms with E-state index in [0.717, 1.165) is 46.6 Å². The Morgan fingerprint density at radius 2 is 2.11 bits per heavy atom. The Kier molecular flexibility index (Phi) is 4.38. The van der Waals surface area contributed by atoms with Gasteiger partial charge in [-0.15, -0.1) is 0 Å². The van der Waals surface area contributed by atoms with E-state index in [-0.39, 0.29) is 11.8 Å². The molecule has 0 N–H and O–H groups in total. The molecule has 0 bridgehead atoms. The first-order chi connectivity index (χ1) is 12.8. The SMILES string of the molecule is Cn1ccc2c3c(C4CCCN(C(=O)CS(C)(=O)=O)C4)ccnc3cnc21. The van der Waals surface area contributed by atoms with Gasteiger partial charge in [0, 0.05) is 55.5 Å². The fourth-order valence-corrected chi connectivity index (χ4v) is 4.63. The molecule has 4 heterocycles. The van der Waals surface area contributed by atoms with Crippen LogP contribution in [0.5, 0.6) is 0 Å². The highest BCUT2D eigenvalue weighted by Crippen LogP contribution is 2.34. The summed E-state index contributed by atoms with van der Waals surface area (Å²) in [6, 6.07) is 4.06. The Balaban J connectivity index is 1.73. The average molecular weight is 386 g/mol. The van der Waals surface area contributed by atoms with Crippen molar-refractivity contribution < 1.29 is 13.2 Å². The average Bonchev–Trinajstić information content (AvgIpc) is 3.01. The summed E-state index contributed by atoms with van der Waals surface area (Å²) in [6.07, 6.45) is 8.46. The van der Waals surface area contributed by atoms with Gasteiger partial charge >= 0.3 is 0 Å². The molecule has 7 nitrogen and oxygen atoms in total. The highest BCUT2D eigenvalue weighted by molar-refractivity contribution is 7.91. The molecule has 8 heteroatoms. The molecule has 27 heavy (non-hydrogen) atoms. The summed E-state index contributed by atoms with van der Waals surface area (Å²) in [7, 11) is -1.37. The van der Waals surface area contributed by atoms with Crippen molar-refractivity contribution in [3.8, 4) is 0 Å². The zero-order valence-corrected chi connectivity index (χ0v) is 16.2. The van der Waals surface area contributed by atoms with Gasteiger partial charge in [-0.1, -0.05) is 0 Å². The number of nitrogens with zero attached hydrogens (tertiary/aromatic N) is 4. The van der Waals surface area contributed by atoms with Gasteiger partial charge in [0.05, 0.1) is 11.7 Å². The van der Waals surface area contributed by atoms with Crippen LogP contribution in [-0.2, 0) is 21.7 Å². The lowest BCUT2D eigenvalue weighted by molar-refractivity contribution is -0.129. The molecule has 3 aromatic heterocycles. The Labute approximate surface area is 157 Å². The molecule has 1 atom stereocenters. The molecule has 1 aliphatic rings. The number of aromatic nitrogens is 3. The van der Waals surface area contributed by atoms with Crippen molar-refractivity contribution in [3.63, 3.8) is 0 Å². The molecular weight excluding hydrogens is 364 g/mol. The number of aryl methyl sites for hydroxylation is 1. The van der Waals surface area contributed by atoms with E-state index in [1.807, 2.05) is 29.9 Å². The maximum absolute atomic E-state index is 12.4. The zero-order chi connectivity index (χ0) is 19.2.